The SMILES string of the molecule is COc1ccc(S(=O)(=O)N(CCc2c[nH]c3ccccc23)C2CC(=O)N(c3ccc(NC(C)=O)cc3)C2=O)cc1. The summed E-state index contributed by atoms with van der Waals surface area (Å²) in [5.74, 6) is -0.904. The van der Waals surface area contributed by atoms with Gasteiger partial charge in [0.25, 0.3) is 5.91 Å². The number of H-pyrrole nitrogens is 1. The number of hydrogen-bond acceptors (Lipinski definition) is 6. The molecule has 3 aromatic carbocycles. The minimum Gasteiger partial charge on any atom is -0.497 e. The summed E-state index contributed by atoms with van der Waals surface area (Å²) in [7, 11) is -2.69. The lowest BCUT2D eigenvalue weighted by atomic mass is 10.1. The monoisotopic (exact) mass is 560 g/mol. The van der Waals surface area contributed by atoms with E-state index in [0.717, 1.165) is 25.7 Å². The zero-order valence-electron chi connectivity index (χ0n) is 22.0. The summed E-state index contributed by atoms with van der Waals surface area (Å²) < 4.78 is 34.2. The van der Waals surface area contributed by atoms with E-state index in [2.05, 4.69) is 10.3 Å². The Morgan fingerprint density at radius 2 is 1.75 bits per heavy atom. The van der Waals surface area contributed by atoms with Crippen LogP contribution in [0.4, 0.5) is 11.4 Å². The third-order valence-electron chi connectivity index (χ3n) is 6.86. The number of imide groups is 1. The fourth-order valence-corrected chi connectivity index (χ4v) is 6.49. The van der Waals surface area contributed by atoms with Crippen LogP contribution < -0.4 is 15.0 Å². The highest BCUT2D eigenvalue weighted by molar-refractivity contribution is 7.89. The molecule has 1 aliphatic rings. The Morgan fingerprint density at radius 3 is 2.42 bits per heavy atom. The number of carbonyl (C=O) groups excluding carboxylic acids is 3. The van der Waals surface area contributed by atoms with Gasteiger partial charge < -0.3 is 15.0 Å². The maximum atomic E-state index is 13.9. The number of para-hydroxylation sites is 1. The Bertz CT molecular complexity index is 1680. The lowest BCUT2D eigenvalue weighted by molar-refractivity contribution is -0.122. The number of nitrogens with one attached hydrogen (secondary N) is 2. The highest BCUT2D eigenvalue weighted by Gasteiger charge is 2.46. The van der Waals surface area contributed by atoms with Crippen molar-refractivity contribution in [3.8, 4) is 5.75 Å². The predicted octanol–water partition coefficient (Wildman–Crippen LogP) is 3.70. The number of hydrogen-bond donors (Lipinski definition) is 2. The number of aromatic nitrogens is 1. The van der Waals surface area contributed by atoms with Crippen LogP contribution in [0.15, 0.2) is 83.9 Å². The maximum Gasteiger partial charge on any atom is 0.252 e. The van der Waals surface area contributed by atoms with Crippen molar-refractivity contribution in [3.05, 3.63) is 84.6 Å². The van der Waals surface area contributed by atoms with E-state index in [1.54, 1.807) is 12.1 Å². The van der Waals surface area contributed by atoms with Crippen molar-refractivity contribution in [1.29, 1.82) is 0 Å². The molecular formula is C29H28N4O6S. The van der Waals surface area contributed by atoms with E-state index in [1.807, 2.05) is 30.5 Å². The van der Waals surface area contributed by atoms with E-state index in [1.165, 1.54) is 50.4 Å². The van der Waals surface area contributed by atoms with Gasteiger partial charge in [-0.3, -0.25) is 14.4 Å². The highest BCUT2D eigenvalue weighted by Crippen LogP contribution is 2.31. The van der Waals surface area contributed by atoms with Crippen molar-refractivity contribution in [2.45, 2.75) is 30.7 Å². The molecule has 0 aliphatic carbocycles. The number of carbonyl (C=O) groups is 3. The summed E-state index contributed by atoms with van der Waals surface area (Å²) in [5, 5.41) is 3.59. The molecule has 11 heteroatoms. The number of benzene rings is 3. The summed E-state index contributed by atoms with van der Waals surface area (Å²) in [4.78, 5) is 42.3. The van der Waals surface area contributed by atoms with Crippen LogP contribution in [0.1, 0.15) is 18.9 Å². The quantitative estimate of drug-likeness (QED) is 0.301. The second kappa shape index (κ2) is 10.9. The number of anilines is 2. The first-order valence-electron chi connectivity index (χ1n) is 12.6. The molecule has 0 saturated carbocycles. The first kappa shape index (κ1) is 27.1. The van der Waals surface area contributed by atoms with Crippen LogP contribution in [0.2, 0.25) is 0 Å². The Hall–Kier alpha value is -4.48. The highest BCUT2D eigenvalue weighted by atomic mass is 32.2. The molecule has 1 aromatic heterocycles. The smallest absolute Gasteiger partial charge is 0.252 e. The molecule has 1 atom stereocenters. The van der Waals surface area contributed by atoms with Crippen molar-refractivity contribution in [1.82, 2.24) is 9.29 Å². The predicted molar refractivity (Wildman–Crippen MR) is 151 cm³/mol. The number of methoxy groups -OCH3 is 1. The maximum absolute atomic E-state index is 13.9. The molecule has 1 aliphatic heterocycles. The Kier molecular flexibility index (Phi) is 7.42. The van der Waals surface area contributed by atoms with Crippen LogP contribution >= 0.6 is 0 Å². The second-order valence-corrected chi connectivity index (χ2v) is 11.3. The average Bonchev–Trinajstić information content (AvgIpc) is 3.49. The third-order valence-corrected chi connectivity index (χ3v) is 8.78. The van der Waals surface area contributed by atoms with Gasteiger partial charge in [0.05, 0.1) is 24.1 Å². The number of rotatable bonds is 9. The fraction of sp³-hybridized carbons (Fsp3) is 0.207. The molecule has 2 heterocycles. The van der Waals surface area contributed by atoms with Crippen LogP contribution in [0.3, 0.4) is 0 Å². The molecule has 1 saturated heterocycles. The molecule has 4 aromatic rings. The van der Waals surface area contributed by atoms with Crippen molar-refractivity contribution in [2.24, 2.45) is 0 Å². The minimum absolute atomic E-state index is 0.00872. The van der Waals surface area contributed by atoms with Gasteiger partial charge in [-0.1, -0.05) is 18.2 Å². The van der Waals surface area contributed by atoms with Crippen LogP contribution in [-0.2, 0) is 30.8 Å². The Morgan fingerprint density at radius 1 is 1.05 bits per heavy atom. The molecule has 40 heavy (non-hydrogen) atoms. The van der Waals surface area contributed by atoms with Gasteiger partial charge in [-0.15, -0.1) is 0 Å². The fourth-order valence-electron chi connectivity index (χ4n) is 4.90. The lowest BCUT2D eigenvalue weighted by Gasteiger charge is -2.27. The molecule has 5 rings (SSSR count). The molecule has 2 N–H and O–H groups in total. The van der Waals surface area contributed by atoms with Gasteiger partial charge in [0.15, 0.2) is 0 Å². The van der Waals surface area contributed by atoms with E-state index in [4.69, 9.17) is 4.74 Å². The zero-order valence-corrected chi connectivity index (χ0v) is 22.8. The molecule has 3 amide bonds. The summed E-state index contributed by atoms with van der Waals surface area (Å²) in [6, 6.07) is 18.6. The van der Waals surface area contributed by atoms with E-state index in [-0.39, 0.29) is 23.8 Å². The van der Waals surface area contributed by atoms with Crippen molar-refractivity contribution < 1.29 is 27.5 Å². The van der Waals surface area contributed by atoms with Gasteiger partial charge in [0.1, 0.15) is 11.8 Å². The minimum atomic E-state index is -4.18. The number of sulfonamides is 1. The van der Waals surface area contributed by atoms with E-state index >= 15 is 0 Å². The number of fused-ring (bicyclic) bond motifs is 1. The first-order chi connectivity index (χ1) is 19.2. The van der Waals surface area contributed by atoms with Gasteiger partial charge in [-0.05, 0) is 66.6 Å². The van der Waals surface area contributed by atoms with Gasteiger partial charge in [-0.2, -0.15) is 4.31 Å². The standard InChI is InChI=1S/C29H28N4O6S/c1-19(34)31-21-7-9-22(10-8-21)33-28(35)17-27(29(33)36)32(40(37,38)24-13-11-23(39-2)12-14-24)16-15-20-18-30-26-6-4-3-5-25(20)26/h3-14,18,27,30H,15-17H2,1-2H3,(H,31,34). The molecule has 0 radical (unpaired) electrons. The van der Waals surface area contributed by atoms with Crippen LogP contribution in [0.5, 0.6) is 5.75 Å². The van der Waals surface area contributed by atoms with Crippen LogP contribution in [-0.4, -0.2) is 55.1 Å². The Balaban J connectivity index is 1.47. The largest absolute Gasteiger partial charge is 0.497 e. The molecule has 0 spiro atoms. The van der Waals surface area contributed by atoms with Crippen molar-refractivity contribution >= 4 is 50.0 Å². The molecule has 10 nitrogen and oxygen atoms in total. The topological polar surface area (TPSA) is 129 Å². The second-order valence-electron chi connectivity index (χ2n) is 9.42. The van der Waals surface area contributed by atoms with E-state index < -0.39 is 27.9 Å². The molecule has 206 valence electrons. The van der Waals surface area contributed by atoms with E-state index in [0.29, 0.717) is 23.5 Å². The summed E-state index contributed by atoms with van der Waals surface area (Å²) in [6.45, 7) is 1.36. The van der Waals surface area contributed by atoms with Gasteiger partial charge in [0.2, 0.25) is 21.8 Å². The van der Waals surface area contributed by atoms with Crippen molar-refractivity contribution in [3.63, 3.8) is 0 Å². The Labute approximate surface area is 231 Å². The summed E-state index contributed by atoms with van der Waals surface area (Å²) in [6.07, 6.45) is 1.85. The van der Waals surface area contributed by atoms with Crippen LogP contribution in [0.25, 0.3) is 10.9 Å². The van der Waals surface area contributed by atoms with Crippen molar-refractivity contribution in [2.75, 3.05) is 23.9 Å². The normalized spacial score (nSPS) is 15.7. The van der Waals surface area contributed by atoms with Gasteiger partial charge in [-0.25, -0.2) is 13.3 Å². The first-order valence-corrected chi connectivity index (χ1v) is 14.1. The molecular weight excluding hydrogens is 532 g/mol. The molecule has 1 unspecified atom stereocenters. The number of amides is 3. The lowest BCUT2D eigenvalue weighted by Crippen LogP contribution is -2.46. The summed E-state index contributed by atoms with van der Waals surface area (Å²) >= 11 is 0. The number of ether oxygens (including phenoxy) is 1. The molecule has 0 bridgehead atoms. The number of aromatic amines is 1. The van der Waals surface area contributed by atoms with Gasteiger partial charge in [0, 0.05) is 36.3 Å². The van der Waals surface area contributed by atoms with E-state index in [9.17, 15) is 22.8 Å². The van der Waals surface area contributed by atoms with Crippen LogP contribution in [0, 0.1) is 0 Å². The third kappa shape index (κ3) is 5.21. The molecule has 1 fully saturated rings. The zero-order chi connectivity index (χ0) is 28.4. The van der Waals surface area contributed by atoms with Gasteiger partial charge >= 0.3 is 0 Å². The number of nitrogens with zero attached hydrogens (tertiary/aromatic N) is 2. The average molecular weight is 561 g/mol. The summed E-state index contributed by atoms with van der Waals surface area (Å²) in [5.41, 5.74) is 2.62.